The first-order valence-corrected chi connectivity index (χ1v) is 10.5. The van der Waals surface area contributed by atoms with Gasteiger partial charge in [-0.3, -0.25) is 4.79 Å². The van der Waals surface area contributed by atoms with Crippen molar-refractivity contribution in [2.45, 2.75) is 32.6 Å². The van der Waals surface area contributed by atoms with E-state index >= 15 is 0 Å². The van der Waals surface area contributed by atoms with Crippen LogP contribution in [0.2, 0.25) is 0 Å². The zero-order valence-electron chi connectivity index (χ0n) is 18.1. The second kappa shape index (κ2) is 7.95. The van der Waals surface area contributed by atoms with Gasteiger partial charge >= 0.3 is 0 Å². The number of hydrogen-bond acceptors (Lipinski definition) is 7. The van der Waals surface area contributed by atoms with Gasteiger partial charge < -0.3 is 14.8 Å². The Hall–Kier alpha value is -3.95. The molecule has 0 bridgehead atoms. The van der Waals surface area contributed by atoms with Crippen LogP contribution in [0.3, 0.4) is 0 Å². The maximum Gasteiger partial charge on any atom is 0.226 e. The molecule has 4 aromatic rings. The van der Waals surface area contributed by atoms with E-state index in [-0.39, 0.29) is 18.2 Å². The van der Waals surface area contributed by atoms with E-state index in [1.54, 1.807) is 28.6 Å². The van der Waals surface area contributed by atoms with Gasteiger partial charge in [-0.2, -0.15) is 14.3 Å². The monoisotopic (exact) mass is 433 g/mol. The van der Waals surface area contributed by atoms with Gasteiger partial charge in [0.2, 0.25) is 5.91 Å². The quantitative estimate of drug-likeness (QED) is 0.498. The maximum atomic E-state index is 12.7. The zero-order valence-corrected chi connectivity index (χ0v) is 18.1. The third-order valence-corrected chi connectivity index (χ3v) is 5.50. The summed E-state index contributed by atoms with van der Waals surface area (Å²) in [5, 5.41) is 20.2. The maximum absolute atomic E-state index is 12.7. The van der Waals surface area contributed by atoms with Crippen molar-refractivity contribution in [3.63, 3.8) is 0 Å². The number of hydrogen-bond donors (Lipinski definition) is 1. The highest BCUT2D eigenvalue weighted by Crippen LogP contribution is 2.44. The fourth-order valence-corrected chi connectivity index (χ4v) is 4.00. The Labute approximate surface area is 184 Å². The number of fused-ring (bicyclic) bond motifs is 2. The fourth-order valence-electron chi connectivity index (χ4n) is 4.00. The van der Waals surface area contributed by atoms with Crippen molar-refractivity contribution in [1.29, 1.82) is 0 Å². The van der Waals surface area contributed by atoms with Crippen LogP contribution in [-0.2, 0) is 4.79 Å². The topological polar surface area (TPSA) is 108 Å². The fraction of sp³-hybridized carbons (Fsp3) is 0.318. The van der Waals surface area contributed by atoms with Crippen molar-refractivity contribution in [2.24, 2.45) is 0 Å². The number of methoxy groups -OCH3 is 1. The van der Waals surface area contributed by atoms with E-state index in [9.17, 15) is 4.79 Å². The van der Waals surface area contributed by atoms with E-state index in [1.807, 2.05) is 38.1 Å². The van der Waals surface area contributed by atoms with Crippen molar-refractivity contribution >= 4 is 17.4 Å². The molecule has 0 saturated heterocycles. The molecule has 164 valence electrons. The molecule has 0 radical (unpaired) electrons. The van der Waals surface area contributed by atoms with E-state index in [0.717, 1.165) is 17.5 Å². The normalized spacial score (nSPS) is 15.5. The number of benzene rings is 1. The largest absolute Gasteiger partial charge is 0.493 e. The molecule has 1 aliphatic heterocycles. The first kappa shape index (κ1) is 20.0. The lowest BCUT2D eigenvalue weighted by Gasteiger charge is -2.26. The van der Waals surface area contributed by atoms with Crippen molar-refractivity contribution in [1.82, 2.24) is 29.6 Å². The van der Waals surface area contributed by atoms with Gasteiger partial charge in [0, 0.05) is 23.5 Å². The summed E-state index contributed by atoms with van der Waals surface area (Å²) in [6.45, 7) is 4.43. The summed E-state index contributed by atoms with van der Waals surface area (Å²) in [5.41, 5.74) is 2.43. The Balaban J connectivity index is 1.62. The van der Waals surface area contributed by atoms with E-state index in [2.05, 4.69) is 25.7 Å². The highest BCUT2D eigenvalue weighted by molar-refractivity contribution is 5.94. The molecule has 10 nitrogen and oxygen atoms in total. The lowest BCUT2D eigenvalue weighted by atomic mass is 9.86. The first-order chi connectivity index (χ1) is 15.6. The molecule has 0 saturated carbocycles. The number of para-hydroxylation sites is 1. The summed E-state index contributed by atoms with van der Waals surface area (Å²) in [4.78, 5) is 12.7. The van der Waals surface area contributed by atoms with Gasteiger partial charge in [0.1, 0.15) is 5.82 Å². The standard InChI is InChI=1S/C22H23N7O3/c1-4-10-32-21-14(6-5-7-17(21)31-3)15-11-20(30)24-22-16(15)12-23-29(22)19-9-8-18-26-25-13(2)28(18)27-19/h5-9,12,15H,4,10-11H2,1-3H3,(H,24,30). The van der Waals surface area contributed by atoms with Gasteiger partial charge in [0.15, 0.2) is 28.8 Å². The number of nitrogens with zero attached hydrogens (tertiary/aromatic N) is 6. The Morgan fingerprint density at radius 2 is 2.06 bits per heavy atom. The molecule has 1 N–H and O–H groups in total. The van der Waals surface area contributed by atoms with Crippen LogP contribution < -0.4 is 14.8 Å². The van der Waals surface area contributed by atoms with Gasteiger partial charge in [0.05, 0.1) is 19.9 Å². The third-order valence-electron chi connectivity index (χ3n) is 5.50. The average Bonchev–Trinajstić information content (AvgIpc) is 3.40. The number of nitrogens with one attached hydrogen (secondary N) is 1. The highest BCUT2D eigenvalue weighted by atomic mass is 16.5. The molecule has 32 heavy (non-hydrogen) atoms. The summed E-state index contributed by atoms with van der Waals surface area (Å²) in [6, 6.07) is 9.37. The SMILES string of the molecule is CCCOc1c(OC)cccc1C1CC(=O)Nc2c1cnn2-c1ccc2nnc(C)n2n1. The molecule has 1 atom stereocenters. The third kappa shape index (κ3) is 3.24. The van der Waals surface area contributed by atoms with Crippen molar-refractivity contribution in [2.75, 3.05) is 19.0 Å². The van der Waals surface area contributed by atoms with Gasteiger partial charge in [-0.1, -0.05) is 19.1 Å². The van der Waals surface area contributed by atoms with E-state index in [1.165, 1.54) is 0 Å². The molecule has 1 aliphatic rings. The molecule has 3 aromatic heterocycles. The average molecular weight is 433 g/mol. The molecule has 10 heteroatoms. The Morgan fingerprint density at radius 1 is 1.19 bits per heavy atom. The van der Waals surface area contributed by atoms with Crippen LogP contribution in [0.4, 0.5) is 5.82 Å². The Morgan fingerprint density at radius 3 is 2.88 bits per heavy atom. The molecule has 4 heterocycles. The van der Waals surface area contributed by atoms with E-state index in [0.29, 0.717) is 41.2 Å². The predicted molar refractivity (Wildman–Crippen MR) is 117 cm³/mol. The van der Waals surface area contributed by atoms with Crippen molar-refractivity contribution < 1.29 is 14.3 Å². The van der Waals surface area contributed by atoms with Crippen LogP contribution >= 0.6 is 0 Å². The molecule has 5 rings (SSSR count). The molecule has 0 fully saturated rings. The smallest absolute Gasteiger partial charge is 0.226 e. The van der Waals surface area contributed by atoms with Crippen LogP contribution in [-0.4, -0.2) is 49.2 Å². The minimum absolute atomic E-state index is 0.102. The summed E-state index contributed by atoms with van der Waals surface area (Å²) >= 11 is 0. The van der Waals surface area contributed by atoms with Gasteiger partial charge in [-0.05, 0) is 31.5 Å². The molecule has 1 amide bonds. The lowest BCUT2D eigenvalue weighted by molar-refractivity contribution is -0.116. The number of aromatic nitrogens is 6. The molecule has 1 unspecified atom stereocenters. The van der Waals surface area contributed by atoms with Gasteiger partial charge in [-0.25, -0.2) is 0 Å². The molecule has 0 spiro atoms. The van der Waals surface area contributed by atoms with Crippen LogP contribution in [0.1, 0.15) is 42.6 Å². The summed E-state index contributed by atoms with van der Waals surface area (Å²) in [7, 11) is 1.61. The van der Waals surface area contributed by atoms with E-state index in [4.69, 9.17) is 9.47 Å². The number of aryl methyl sites for hydroxylation is 1. The van der Waals surface area contributed by atoms with Crippen molar-refractivity contribution in [3.8, 4) is 17.3 Å². The molecule has 1 aromatic carbocycles. The van der Waals surface area contributed by atoms with Crippen LogP contribution in [0.5, 0.6) is 11.5 Å². The number of anilines is 1. The second-order valence-electron chi connectivity index (χ2n) is 7.60. The van der Waals surface area contributed by atoms with Crippen LogP contribution in [0.25, 0.3) is 11.5 Å². The summed E-state index contributed by atoms with van der Waals surface area (Å²) in [5.74, 6) is 2.79. The lowest BCUT2D eigenvalue weighted by Crippen LogP contribution is -2.25. The Bertz CT molecular complexity index is 1310. The zero-order chi connectivity index (χ0) is 22.2. The summed E-state index contributed by atoms with van der Waals surface area (Å²) < 4.78 is 14.9. The minimum Gasteiger partial charge on any atom is -0.493 e. The van der Waals surface area contributed by atoms with Gasteiger partial charge in [-0.15, -0.1) is 15.3 Å². The molecular formula is C22H23N7O3. The number of rotatable bonds is 6. The number of carbonyl (C=O) groups is 1. The number of amides is 1. The Kier molecular flexibility index (Phi) is 4.96. The highest BCUT2D eigenvalue weighted by Gasteiger charge is 2.33. The van der Waals surface area contributed by atoms with Crippen LogP contribution in [0.15, 0.2) is 36.5 Å². The van der Waals surface area contributed by atoms with Gasteiger partial charge in [0.25, 0.3) is 0 Å². The minimum atomic E-state index is -0.227. The predicted octanol–water partition coefficient (Wildman–Crippen LogP) is 2.89. The molecular weight excluding hydrogens is 410 g/mol. The van der Waals surface area contributed by atoms with Crippen molar-refractivity contribution in [3.05, 3.63) is 53.5 Å². The number of ether oxygens (including phenoxy) is 2. The summed E-state index contributed by atoms with van der Waals surface area (Å²) in [6.07, 6.45) is 2.92. The molecule has 0 aliphatic carbocycles. The van der Waals surface area contributed by atoms with E-state index < -0.39 is 0 Å². The number of carbonyl (C=O) groups excluding carboxylic acids is 1. The second-order valence-corrected chi connectivity index (χ2v) is 7.60. The van der Waals surface area contributed by atoms with Crippen LogP contribution in [0, 0.1) is 6.92 Å². The first-order valence-electron chi connectivity index (χ1n) is 10.5.